The van der Waals surface area contributed by atoms with Crippen molar-refractivity contribution in [2.24, 2.45) is 5.73 Å². The number of nitrogens with one attached hydrogen (secondary N) is 1. The van der Waals surface area contributed by atoms with Crippen molar-refractivity contribution in [1.29, 1.82) is 5.26 Å². The van der Waals surface area contributed by atoms with Crippen molar-refractivity contribution in [2.45, 2.75) is 6.54 Å². The fourth-order valence-corrected chi connectivity index (χ4v) is 3.16. The third kappa shape index (κ3) is 3.02. The Balaban J connectivity index is 1.87. The van der Waals surface area contributed by atoms with Gasteiger partial charge in [0.1, 0.15) is 5.82 Å². The van der Waals surface area contributed by atoms with Crippen molar-refractivity contribution in [3.05, 3.63) is 82.3 Å². The number of hydrogen-bond acceptors (Lipinski definition) is 5. The first-order valence-electron chi connectivity index (χ1n) is 8.47. The molecule has 0 unspecified atom stereocenters. The molecule has 2 heterocycles. The SMILES string of the molecule is N#Cc1cc(F)ccc1-c1cncc(-c2ccc3c(=O)[nH]nc(CN)c3c2)c1. The van der Waals surface area contributed by atoms with E-state index in [0.29, 0.717) is 27.6 Å². The van der Waals surface area contributed by atoms with Crippen LogP contribution in [-0.2, 0) is 6.54 Å². The van der Waals surface area contributed by atoms with Crippen LogP contribution in [0.25, 0.3) is 33.0 Å². The van der Waals surface area contributed by atoms with Gasteiger partial charge in [-0.05, 0) is 35.9 Å². The maximum absolute atomic E-state index is 13.4. The van der Waals surface area contributed by atoms with Crippen molar-refractivity contribution >= 4 is 10.8 Å². The summed E-state index contributed by atoms with van der Waals surface area (Å²) < 4.78 is 13.4. The Morgan fingerprint density at radius 2 is 1.86 bits per heavy atom. The molecule has 0 radical (unpaired) electrons. The van der Waals surface area contributed by atoms with Gasteiger partial charge in [-0.2, -0.15) is 10.4 Å². The summed E-state index contributed by atoms with van der Waals surface area (Å²) in [6.45, 7) is 0.191. The predicted octanol–water partition coefficient (Wildman–Crippen LogP) is 3.12. The molecule has 0 saturated carbocycles. The number of H-pyrrole nitrogens is 1. The smallest absolute Gasteiger partial charge is 0.272 e. The average molecular weight is 371 g/mol. The summed E-state index contributed by atoms with van der Waals surface area (Å²) in [5, 5.41) is 16.9. The molecule has 0 atom stereocenters. The highest BCUT2D eigenvalue weighted by atomic mass is 19.1. The lowest BCUT2D eigenvalue weighted by molar-refractivity contribution is 0.627. The number of hydrogen-bond donors (Lipinski definition) is 2. The zero-order valence-corrected chi connectivity index (χ0v) is 14.6. The highest BCUT2D eigenvalue weighted by molar-refractivity contribution is 5.88. The minimum atomic E-state index is -0.467. The Kier molecular flexibility index (Phi) is 4.39. The highest BCUT2D eigenvalue weighted by Crippen LogP contribution is 2.29. The van der Waals surface area contributed by atoms with Gasteiger partial charge >= 0.3 is 0 Å². The van der Waals surface area contributed by atoms with Crippen molar-refractivity contribution in [3.8, 4) is 28.3 Å². The molecular weight excluding hydrogens is 357 g/mol. The monoisotopic (exact) mass is 371 g/mol. The van der Waals surface area contributed by atoms with Crippen LogP contribution in [0.3, 0.4) is 0 Å². The number of rotatable bonds is 3. The van der Waals surface area contributed by atoms with E-state index < -0.39 is 5.82 Å². The van der Waals surface area contributed by atoms with Crippen LogP contribution in [-0.4, -0.2) is 15.2 Å². The van der Waals surface area contributed by atoms with E-state index in [1.807, 2.05) is 24.3 Å². The van der Waals surface area contributed by atoms with E-state index in [2.05, 4.69) is 15.2 Å². The lowest BCUT2D eigenvalue weighted by Gasteiger charge is -2.09. The van der Waals surface area contributed by atoms with Crippen LogP contribution in [0, 0.1) is 17.1 Å². The Morgan fingerprint density at radius 1 is 1.04 bits per heavy atom. The largest absolute Gasteiger partial charge is 0.325 e. The molecule has 28 heavy (non-hydrogen) atoms. The summed E-state index contributed by atoms with van der Waals surface area (Å²) in [5.74, 6) is -0.467. The summed E-state index contributed by atoms with van der Waals surface area (Å²) in [5.41, 5.74) is 9.18. The molecule has 0 aliphatic heterocycles. The molecule has 136 valence electrons. The third-order valence-corrected chi connectivity index (χ3v) is 4.55. The van der Waals surface area contributed by atoms with E-state index in [0.717, 1.165) is 11.1 Å². The van der Waals surface area contributed by atoms with E-state index in [1.165, 1.54) is 12.1 Å². The topological polar surface area (TPSA) is 108 Å². The predicted molar refractivity (Wildman–Crippen MR) is 104 cm³/mol. The second-order valence-corrected chi connectivity index (χ2v) is 6.23. The van der Waals surface area contributed by atoms with Crippen LogP contribution in [0.5, 0.6) is 0 Å². The molecule has 0 aliphatic carbocycles. The number of aromatic nitrogens is 3. The Hall–Kier alpha value is -3.89. The van der Waals surface area contributed by atoms with Crippen LogP contribution in [0.15, 0.2) is 59.7 Å². The van der Waals surface area contributed by atoms with Crippen molar-refractivity contribution in [1.82, 2.24) is 15.2 Å². The van der Waals surface area contributed by atoms with Gasteiger partial charge in [-0.15, -0.1) is 0 Å². The molecular formula is C21H14FN5O. The summed E-state index contributed by atoms with van der Waals surface area (Å²) >= 11 is 0. The van der Waals surface area contributed by atoms with Gasteiger partial charge in [-0.25, -0.2) is 9.49 Å². The molecule has 0 spiro atoms. The van der Waals surface area contributed by atoms with Crippen LogP contribution < -0.4 is 11.3 Å². The maximum Gasteiger partial charge on any atom is 0.272 e. The quantitative estimate of drug-likeness (QED) is 0.575. The van der Waals surface area contributed by atoms with Crippen molar-refractivity contribution in [3.63, 3.8) is 0 Å². The highest BCUT2D eigenvalue weighted by Gasteiger charge is 2.11. The number of halogens is 1. The minimum Gasteiger partial charge on any atom is -0.325 e. The number of pyridine rings is 1. The van der Waals surface area contributed by atoms with E-state index in [1.54, 1.807) is 24.5 Å². The van der Waals surface area contributed by atoms with Gasteiger partial charge in [0.05, 0.1) is 22.7 Å². The Labute approximate surface area is 159 Å². The zero-order valence-electron chi connectivity index (χ0n) is 14.6. The number of fused-ring (bicyclic) bond motifs is 1. The molecule has 0 fully saturated rings. The number of benzene rings is 2. The molecule has 4 rings (SSSR count). The van der Waals surface area contributed by atoms with E-state index in [9.17, 15) is 14.4 Å². The van der Waals surface area contributed by atoms with Crippen LogP contribution in [0.4, 0.5) is 4.39 Å². The first kappa shape index (κ1) is 17.5. The van der Waals surface area contributed by atoms with Crippen LogP contribution in [0.2, 0.25) is 0 Å². The van der Waals surface area contributed by atoms with Crippen LogP contribution >= 0.6 is 0 Å². The number of nitrogens with zero attached hydrogens (tertiary/aromatic N) is 3. The van der Waals surface area contributed by atoms with Crippen LogP contribution in [0.1, 0.15) is 11.3 Å². The van der Waals surface area contributed by atoms with Crippen molar-refractivity contribution in [2.75, 3.05) is 0 Å². The van der Waals surface area contributed by atoms with Gasteiger partial charge in [-0.1, -0.05) is 12.1 Å². The maximum atomic E-state index is 13.4. The molecule has 2 aromatic heterocycles. The molecule has 7 heteroatoms. The second-order valence-electron chi connectivity index (χ2n) is 6.23. The molecule has 0 aliphatic rings. The first-order valence-corrected chi connectivity index (χ1v) is 8.47. The molecule has 0 amide bonds. The fourth-order valence-electron chi connectivity index (χ4n) is 3.16. The Bertz CT molecular complexity index is 1310. The van der Waals surface area contributed by atoms with Crippen molar-refractivity contribution < 1.29 is 4.39 Å². The molecule has 0 bridgehead atoms. The van der Waals surface area contributed by atoms with E-state index >= 15 is 0 Å². The van der Waals surface area contributed by atoms with Gasteiger partial charge in [0.25, 0.3) is 5.56 Å². The van der Waals surface area contributed by atoms with Gasteiger partial charge in [0.2, 0.25) is 0 Å². The second kappa shape index (κ2) is 7.02. The number of nitrogens with two attached hydrogens (primary N) is 1. The summed E-state index contributed by atoms with van der Waals surface area (Å²) in [6.07, 6.45) is 3.30. The molecule has 6 nitrogen and oxygen atoms in total. The lowest BCUT2D eigenvalue weighted by Crippen LogP contribution is -2.13. The zero-order chi connectivity index (χ0) is 19.7. The van der Waals surface area contributed by atoms with Gasteiger partial charge in [0.15, 0.2) is 0 Å². The summed E-state index contributed by atoms with van der Waals surface area (Å²) in [4.78, 5) is 16.3. The number of nitriles is 1. The Morgan fingerprint density at radius 3 is 2.64 bits per heavy atom. The lowest BCUT2D eigenvalue weighted by atomic mass is 9.97. The number of aromatic amines is 1. The standard InChI is InChI=1S/C21H14FN5O/c22-16-2-4-17(13(6-16)8-23)15-5-14(10-25-11-15)12-1-3-18-19(7-12)20(9-24)26-27-21(18)28/h1-7,10-11H,9,24H2,(H,27,28). The normalized spacial score (nSPS) is 10.8. The fraction of sp³-hybridized carbons (Fsp3) is 0.0476. The first-order chi connectivity index (χ1) is 13.6. The van der Waals surface area contributed by atoms with Gasteiger partial charge in [-0.3, -0.25) is 9.78 Å². The summed E-state index contributed by atoms with van der Waals surface area (Å²) in [6, 6.07) is 13.3. The van der Waals surface area contributed by atoms with E-state index in [4.69, 9.17) is 5.73 Å². The molecule has 3 N–H and O–H groups in total. The van der Waals surface area contributed by atoms with E-state index in [-0.39, 0.29) is 17.7 Å². The average Bonchev–Trinajstić information content (AvgIpc) is 2.74. The summed E-state index contributed by atoms with van der Waals surface area (Å²) in [7, 11) is 0. The minimum absolute atomic E-state index is 0.191. The van der Waals surface area contributed by atoms with Gasteiger partial charge < -0.3 is 5.73 Å². The molecule has 4 aromatic rings. The third-order valence-electron chi connectivity index (χ3n) is 4.55. The molecule has 0 saturated heterocycles. The molecule has 2 aromatic carbocycles. The van der Waals surface area contributed by atoms with Gasteiger partial charge in [0, 0.05) is 41.0 Å².